The first-order valence-electron chi connectivity index (χ1n) is 8.57. The van der Waals surface area contributed by atoms with Gasteiger partial charge >= 0.3 is 0 Å². The first kappa shape index (κ1) is 16.6. The number of hydrogen-bond acceptors (Lipinski definition) is 4. The molecule has 1 aromatic carbocycles. The predicted octanol–water partition coefficient (Wildman–Crippen LogP) is 4.08. The normalized spacial score (nSPS) is 11.1. The van der Waals surface area contributed by atoms with E-state index in [1.807, 2.05) is 28.1 Å². The van der Waals surface area contributed by atoms with Crippen LogP contribution >= 0.6 is 11.3 Å². The second-order valence-electron chi connectivity index (χ2n) is 6.09. The van der Waals surface area contributed by atoms with Crippen molar-refractivity contribution in [1.82, 2.24) is 14.7 Å². The van der Waals surface area contributed by atoms with Crippen molar-refractivity contribution in [3.63, 3.8) is 0 Å². The number of rotatable bonds is 6. The fourth-order valence-electron chi connectivity index (χ4n) is 2.83. The smallest absolute Gasteiger partial charge is 0.226 e. The Labute approximate surface area is 155 Å². The van der Waals surface area contributed by atoms with E-state index in [9.17, 15) is 4.79 Å². The standard InChI is InChI=1S/C20H19N3O2S/c1-2-14-5-7-15(8-6-14)18-12-23-16(13-26-20(23)22-18)10-19(24)21-11-17-4-3-9-25-17/h3-9,12-13H,2,10-11H2,1H3,(H,21,24). The molecule has 4 rings (SSSR count). The van der Waals surface area contributed by atoms with Gasteiger partial charge in [-0.2, -0.15) is 0 Å². The Morgan fingerprint density at radius 2 is 2.12 bits per heavy atom. The van der Waals surface area contributed by atoms with E-state index in [0.29, 0.717) is 13.0 Å². The molecule has 0 saturated carbocycles. The Morgan fingerprint density at radius 3 is 2.85 bits per heavy atom. The lowest BCUT2D eigenvalue weighted by molar-refractivity contribution is -0.120. The molecule has 4 aromatic rings. The molecule has 132 valence electrons. The molecule has 0 aliphatic rings. The zero-order valence-corrected chi connectivity index (χ0v) is 15.3. The van der Waals surface area contributed by atoms with Crippen molar-refractivity contribution in [2.75, 3.05) is 0 Å². The molecule has 3 heterocycles. The number of benzene rings is 1. The van der Waals surface area contributed by atoms with Gasteiger partial charge in [-0.25, -0.2) is 4.98 Å². The molecule has 0 bridgehead atoms. The first-order valence-corrected chi connectivity index (χ1v) is 9.44. The van der Waals surface area contributed by atoms with Gasteiger partial charge in [-0.05, 0) is 24.1 Å². The largest absolute Gasteiger partial charge is 0.467 e. The number of fused-ring (bicyclic) bond motifs is 1. The van der Waals surface area contributed by atoms with Crippen molar-refractivity contribution >= 4 is 22.2 Å². The number of aryl methyl sites for hydroxylation is 1. The average Bonchev–Trinajstić information content (AvgIpc) is 3.39. The van der Waals surface area contributed by atoms with Crippen LogP contribution < -0.4 is 5.32 Å². The van der Waals surface area contributed by atoms with Gasteiger partial charge in [0.25, 0.3) is 0 Å². The summed E-state index contributed by atoms with van der Waals surface area (Å²) in [7, 11) is 0. The molecule has 6 heteroatoms. The second kappa shape index (κ2) is 7.17. The van der Waals surface area contributed by atoms with Gasteiger partial charge in [0, 0.05) is 22.8 Å². The Bertz CT molecular complexity index is 1010. The summed E-state index contributed by atoms with van der Waals surface area (Å²) < 4.78 is 7.23. The van der Waals surface area contributed by atoms with Crippen molar-refractivity contribution in [2.45, 2.75) is 26.3 Å². The molecule has 0 fully saturated rings. The van der Waals surface area contributed by atoms with Crippen LogP contribution in [0.4, 0.5) is 0 Å². The number of thiazole rings is 1. The van der Waals surface area contributed by atoms with Crippen LogP contribution in [0, 0.1) is 0 Å². The number of aromatic nitrogens is 2. The lowest BCUT2D eigenvalue weighted by Gasteiger charge is -2.03. The number of hydrogen-bond donors (Lipinski definition) is 1. The quantitative estimate of drug-likeness (QED) is 0.560. The van der Waals surface area contributed by atoms with Crippen molar-refractivity contribution in [2.24, 2.45) is 0 Å². The molecule has 0 aliphatic heterocycles. The van der Waals surface area contributed by atoms with Crippen molar-refractivity contribution < 1.29 is 9.21 Å². The fraction of sp³-hybridized carbons (Fsp3) is 0.200. The van der Waals surface area contributed by atoms with Crippen LogP contribution in [-0.4, -0.2) is 15.3 Å². The van der Waals surface area contributed by atoms with Crippen LogP contribution in [0.2, 0.25) is 0 Å². The summed E-state index contributed by atoms with van der Waals surface area (Å²) in [6.45, 7) is 2.54. The highest BCUT2D eigenvalue weighted by Crippen LogP contribution is 2.24. The monoisotopic (exact) mass is 365 g/mol. The summed E-state index contributed by atoms with van der Waals surface area (Å²) in [6.07, 6.45) is 4.94. The Balaban J connectivity index is 1.49. The minimum atomic E-state index is -0.0383. The number of carbonyl (C=O) groups excluding carboxylic acids is 1. The summed E-state index contributed by atoms with van der Waals surface area (Å²) in [4.78, 5) is 17.8. The molecule has 5 nitrogen and oxygen atoms in total. The average molecular weight is 365 g/mol. The summed E-state index contributed by atoms with van der Waals surface area (Å²) >= 11 is 1.55. The molecule has 1 amide bonds. The molecule has 0 radical (unpaired) electrons. The third-order valence-corrected chi connectivity index (χ3v) is 5.21. The maximum atomic E-state index is 12.2. The number of carbonyl (C=O) groups is 1. The van der Waals surface area contributed by atoms with E-state index in [2.05, 4.69) is 41.5 Å². The number of furan rings is 1. The highest BCUT2D eigenvalue weighted by Gasteiger charge is 2.13. The summed E-state index contributed by atoms with van der Waals surface area (Å²) in [5, 5.41) is 4.86. The van der Waals surface area contributed by atoms with Gasteiger partial charge in [0.05, 0.1) is 24.9 Å². The van der Waals surface area contributed by atoms with E-state index < -0.39 is 0 Å². The number of amides is 1. The highest BCUT2D eigenvalue weighted by molar-refractivity contribution is 7.15. The van der Waals surface area contributed by atoms with Crippen LogP contribution in [0.15, 0.2) is 58.7 Å². The third kappa shape index (κ3) is 3.41. The van der Waals surface area contributed by atoms with E-state index in [1.54, 1.807) is 17.6 Å². The first-order chi connectivity index (χ1) is 12.7. The van der Waals surface area contributed by atoms with E-state index >= 15 is 0 Å². The molecule has 1 N–H and O–H groups in total. The fourth-order valence-corrected chi connectivity index (χ4v) is 3.71. The zero-order chi connectivity index (χ0) is 17.9. The molecular formula is C20H19N3O2S. The topological polar surface area (TPSA) is 59.5 Å². The van der Waals surface area contributed by atoms with E-state index in [4.69, 9.17) is 4.42 Å². The van der Waals surface area contributed by atoms with Crippen molar-refractivity contribution in [3.05, 3.63) is 71.3 Å². The van der Waals surface area contributed by atoms with Crippen LogP contribution in [0.5, 0.6) is 0 Å². The zero-order valence-electron chi connectivity index (χ0n) is 14.4. The molecule has 3 aromatic heterocycles. The third-order valence-electron chi connectivity index (χ3n) is 4.32. The van der Waals surface area contributed by atoms with Crippen LogP contribution in [0.25, 0.3) is 16.2 Å². The van der Waals surface area contributed by atoms with Crippen molar-refractivity contribution in [3.8, 4) is 11.3 Å². The van der Waals surface area contributed by atoms with Crippen LogP contribution in [0.1, 0.15) is 23.9 Å². The number of nitrogens with one attached hydrogen (secondary N) is 1. The number of nitrogens with zero attached hydrogens (tertiary/aromatic N) is 2. The highest BCUT2D eigenvalue weighted by atomic mass is 32.1. The van der Waals surface area contributed by atoms with E-state index in [0.717, 1.165) is 34.1 Å². The van der Waals surface area contributed by atoms with Gasteiger partial charge in [-0.1, -0.05) is 31.2 Å². The Hall–Kier alpha value is -2.86. The molecule has 26 heavy (non-hydrogen) atoms. The van der Waals surface area contributed by atoms with Crippen molar-refractivity contribution in [1.29, 1.82) is 0 Å². The number of imidazole rings is 1. The minimum absolute atomic E-state index is 0.0383. The predicted molar refractivity (Wildman–Crippen MR) is 102 cm³/mol. The lowest BCUT2D eigenvalue weighted by atomic mass is 10.1. The maximum Gasteiger partial charge on any atom is 0.226 e. The molecule has 0 saturated heterocycles. The van der Waals surface area contributed by atoms with E-state index in [-0.39, 0.29) is 5.91 Å². The van der Waals surface area contributed by atoms with E-state index in [1.165, 1.54) is 5.56 Å². The lowest BCUT2D eigenvalue weighted by Crippen LogP contribution is -2.24. The van der Waals surface area contributed by atoms with Crippen LogP contribution in [0.3, 0.4) is 0 Å². The SMILES string of the molecule is CCc1ccc(-c2cn3c(CC(=O)NCc4ccco4)csc3n2)cc1. The second-order valence-corrected chi connectivity index (χ2v) is 6.93. The minimum Gasteiger partial charge on any atom is -0.467 e. The molecule has 0 atom stereocenters. The van der Waals surface area contributed by atoms with Gasteiger partial charge in [0.2, 0.25) is 5.91 Å². The van der Waals surface area contributed by atoms with Gasteiger partial charge in [0.1, 0.15) is 5.76 Å². The maximum absolute atomic E-state index is 12.2. The Kier molecular flexibility index (Phi) is 4.58. The molecule has 0 unspecified atom stereocenters. The molecular weight excluding hydrogens is 346 g/mol. The van der Waals surface area contributed by atoms with Gasteiger partial charge in [-0.15, -0.1) is 11.3 Å². The van der Waals surface area contributed by atoms with Gasteiger partial charge < -0.3 is 9.73 Å². The van der Waals surface area contributed by atoms with Gasteiger partial charge in [0.15, 0.2) is 4.96 Å². The summed E-state index contributed by atoms with van der Waals surface area (Å²) in [5.41, 5.74) is 4.26. The summed E-state index contributed by atoms with van der Waals surface area (Å²) in [6, 6.07) is 12.1. The Morgan fingerprint density at radius 1 is 1.27 bits per heavy atom. The molecule has 0 spiro atoms. The van der Waals surface area contributed by atoms with Crippen LogP contribution in [-0.2, 0) is 24.2 Å². The molecule has 0 aliphatic carbocycles. The summed E-state index contributed by atoms with van der Waals surface area (Å²) in [5.74, 6) is 0.706. The van der Waals surface area contributed by atoms with Gasteiger partial charge in [-0.3, -0.25) is 9.20 Å².